The number of hydrogen-bond acceptors (Lipinski definition) is 4. The first kappa shape index (κ1) is 19.3. The summed E-state index contributed by atoms with van der Waals surface area (Å²) in [6.07, 6.45) is 0.649. The zero-order chi connectivity index (χ0) is 18.9. The van der Waals surface area contributed by atoms with Crippen LogP contribution in [0.5, 0.6) is 0 Å². The summed E-state index contributed by atoms with van der Waals surface area (Å²) >= 11 is 0. The van der Waals surface area contributed by atoms with Gasteiger partial charge in [0.1, 0.15) is 5.82 Å². The molecule has 2 aromatic carbocycles. The number of halogens is 1. The molecular formula is C20H20FNO4. The third kappa shape index (κ3) is 6.47. The summed E-state index contributed by atoms with van der Waals surface area (Å²) in [5.41, 5.74) is 2.05. The molecule has 0 saturated carbocycles. The Morgan fingerprint density at radius 2 is 1.58 bits per heavy atom. The van der Waals surface area contributed by atoms with Crippen molar-refractivity contribution in [1.29, 1.82) is 0 Å². The molecule has 0 heterocycles. The van der Waals surface area contributed by atoms with Gasteiger partial charge in [0.05, 0.1) is 6.42 Å². The SMILES string of the molecule is CC(=O)NCCc1ccc(C(=O)COC(=O)Cc2ccc(F)cc2)cc1. The number of Topliss-reactive ketones (excluding diaryl/α,β-unsaturated/α-hetero) is 1. The maximum Gasteiger partial charge on any atom is 0.310 e. The van der Waals surface area contributed by atoms with Crippen LogP contribution in [-0.2, 0) is 27.2 Å². The number of hydrogen-bond donors (Lipinski definition) is 1. The Labute approximate surface area is 151 Å². The molecule has 0 aliphatic heterocycles. The average Bonchev–Trinajstić information content (AvgIpc) is 2.62. The number of ketones is 1. The van der Waals surface area contributed by atoms with Crippen LogP contribution in [0.15, 0.2) is 48.5 Å². The topological polar surface area (TPSA) is 72.5 Å². The molecule has 2 aromatic rings. The lowest BCUT2D eigenvalue weighted by Gasteiger charge is -2.06. The summed E-state index contributed by atoms with van der Waals surface area (Å²) in [6, 6.07) is 12.5. The maximum atomic E-state index is 12.8. The van der Waals surface area contributed by atoms with E-state index in [-0.39, 0.29) is 30.5 Å². The Morgan fingerprint density at radius 1 is 0.962 bits per heavy atom. The highest BCUT2D eigenvalue weighted by atomic mass is 19.1. The fourth-order valence-corrected chi connectivity index (χ4v) is 2.29. The van der Waals surface area contributed by atoms with Gasteiger partial charge in [-0.1, -0.05) is 36.4 Å². The first-order chi connectivity index (χ1) is 12.4. The first-order valence-corrected chi connectivity index (χ1v) is 8.20. The van der Waals surface area contributed by atoms with Crippen LogP contribution in [-0.4, -0.2) is 30.8 Å². The Hall–Kier alpha value is -3.02. The van der Waals surface area contributed by atoms with Crippen molar-refractivity contribution in [3.8, 4) is 0 Å². The van der Waals surface area contributed by atoms with Crippen molar-refractivity contribution in [1.82, 2.24) is 5.32 Å². The summed E-state index contributed by atoms with van der Waals surface area (Å²) in [6.45, 7) is 1.65. The van der Waals surface area contributed by atoms with Gasteiger partial charge < -0.3 is 10.1 Å². The number of carbonyl (C=O) groups is 3. The minimum absolute atomic E-state index is 0.0182. The van der Waals surface area contributed by atoms with Crippen molar-refractivity contribution < 1.29 is 23.5 Å². The van der Waals surface area contributed by atoms with Crippen LogP contribution in [0, 0.1) is 5.82 Å². The predicted molar refractivity (Wildman–Crippen MR) is 94.2 cm³/mol. The molecule has 0 saturated heterocycles. The molecule has 0 aliphatic carbocycles. The number of amides is 1. The molecule has 2 rings (SSSR count). The van der Waals surface area contributed by atoms with Gasteiger partial charge in [-0.2, -0.15) is 0 Å². The van der Waals surface area contributed by atoms with Crippen molar-refractivity contribution in [3.05, 3.63) is 71.0 Å². The molecule has 0 spiro atoms. The van der Waals surface area contributed by atoms with Crippen LogP contribution in [0.3, 0.4) is 0 Å². The molecule has 5 nitrogen and oxygen atoms in total. The first-order valence-electron chi connectivity index (χ1n) is 8.20. The largest absolute Gasteiger partial charge is 0.457 e. The van der Waals surface area contributed by atoms with E-state index in [2.05, 4.69) is 5.32 Å². The van der Waals surface area contributed by atoms with Crippen molar-refractivity contribution in [3.63, 3.8) is 0 Å². The second-order valence-electron chi connectivity index (χ2n) is 5.82. The lowest BCUT2D eigenvalue weighted by atomic mass is 10.1. The van der Waals surface area contributed by atoms with E-state index in [1.54, 1.807) is 24.3 Å². The number of ether oxygens (including phenoxy) is 1. The summed E-state index contributed by atoms with van der Waals surface area (Å²) in [5.74, 6) is -1.31. The Bertz CT molecular complexity index is 769. The van der Waals surface area contributed by atoms with Crippen LogP contribution in [0.2, 0.25) is 0 Å². The van der Waals surface area contributed by atoms with Crippen LogP contribution in [0.1, 0.15) is 28.4 Å². The number of benzene rings is 2. The monoisotopic (exact) mass is 357 g/mol. The van der Waals surface area contributed by atoms with Gasteiger partial charge in [0.25, 0.3) is 0 Å². The Balaban J connectivity index is 1.78. The van der Waals surface area contributed by atoms with Crippen molar-refractivity contribution in [2.45, 2.75) is 19.8 Å². The van der Waals surface area contributed by atoms with Crippen molar-refractivity contribution in [2.75, 3.05) is 13.2 Å². The van der Waals surface area contributed by atoms with Crippen LogP contribution in [0.25, 0.3) is 0 Å². The molecule has 136 valence electrons. The fraction of sp³-hybridized carbons (Fsp3) is 0.250. The fourth-order valence-electron chi connectivity index (χ4n) is 2.29. The second kappa shape index (κ2) is 9.46. The minimum atomic E-state index is -0.545. The number of esters is 1. The summed E-state index contributed by atoms with van der Waals surface area (Å²) < 4.78 is 17.8. The van der Waals surface area contributed by atoms with E-state index in [1.807, 2.05) is 0 Å². The molecule has 0 bridgehead atoms. The van der Waals surface area contributed by atoms with Gasteiger partial charge in [-0.25, -0.2) is 4.39 Å². The number of carbonyl (C=O) groups excluding carboxylic acids is 3. The number of nitrogens with one attached hydrogen (secondary N) is 1. The molecule has 0 unspecified atom stereocenters. The van der Waals surface area contributed by atoms with E-state index < -0.39 is 5.97 Å². The number of rotatable bonds is 8. The Kier molecular flexibility index (Phi) is 7.02. The average molecular weight is 357 g/mol. The van der Waals surface area contributed by atoms with Crippen molar-refractivity contribution >= 4 is 17.7 Å². The van der Waals surface area contributed by atoms with Crippen molar-refractivity contribution in [2.24, 2.45) is 0 Å². The Morgan fingerprint density at radius 3 is 2.19 bits per heavy atom. The van der Waals surface area contributed by atoms with Gasteiger partial charge in [0, 0.05) is 19.0 Å². The lowest BCUT2D eigenvalue weighted by Crippen LogP contribution is -2.22. The van der Waals surface area contributed by atoms with Crippen LogP contribution < -0.4 is 5.32 Å². The zero-order valence-corrected chi connectivity index (χ0v) is 14.5. The second-order valence-corrected chi connectivity index (χ2v) is 5.82. The third-order valence-corrected chi connectivity index (χ3v) is 3.69. The van der Waals surface area contributed by atoms with Gasteiger partial charge in [-0.15, -0.1) is 0 Å². The summed E-state index contributed by atoms with van der Waals surface area (Å²) in [5, 5.41) is 2.70. The highest BCUT2D eigenvalue weighted by Gasteiger charge is 2.11. The van der Waals surface area contributed by atoms with E-state index in [0.717, 1.165) is 5.56 Å². The standard InChI is InChI=1S/C20H20FNO4/c1-14(23)22-11-10-15-2-6-17(7-3-15)19(24)13-26-20(25)12-16-4-8-18(21)9-5-16/h2-9H,10-13H2,1H3,(H,22,23). The van der Waals surface area contributed by atoms with Crippen LogP contribution in [0.4, 0.5) is 4.39 Å². The minimum Gasteiger partial charge on any atom is -0.457 e. The molecule has 0 radical (unpaired) electrons. The van der Waals surface area contributed by atoms with E-state index in [9.17, 15) is 18.8 Å². The molecule has 1 N–H and O–H groups in total. The molecule has 26 heavy (non-hydrogen) atoms. The molecule has 0 atom stereocenters. The quantitative estimate of drug-likeness (QED) is 0.582. The molecule has 1 amide bonds. The van der Waals surface area contributed by atoms with Gasteiger partial charge in [0.2, 0.25) is 5.91 Å². The van der Waals surface area contributed by atoms with Gasteiger partial charge in [0.15, 0.2) is 12.4 Å². The third-order valence-electron chi connectivity index (χ3n) is 3.69. The predicted octanol–water partition coefficient (Wildman–Crippen LogP) is 2.47. The summed E-state index contributed by atoms with van der Waals surface area (Å²) in [7, 11) is 0. The zero-order valence-electron chi connectivity index (χ0n) is 14.5. The van der Waals surface area contributed by atoms with Crippen LogP contribution >= 0.6 is 0 Å². The van der Waals surface area contributed by atoms with E-state index in [0.29, 0.717) is 24.1 Å². The maximum absolute atomic E-state index is 12.8. The highest BCUT2D eigenvalue weighted by Crippen LogP contribution is 2.08. The van der Waals surface area contributed by atoms with E-state index >= 15 is 0 Å². The molecule has 0 aromatic heterocycles. The van der Waals surface area contributed by atoms with Gasteiger partial charge in [-0.3, -0.25) is 14.4 Å². The van der Waals surface area contributed by atoms with Gasteiger partial charge >= 0.3 is 5.97 Å². The molecule has 0 fully saturated rings. The lowest BCUT2D eigenvalue weighted by molar-refractivity contribution is -0.141. The summed E-state index contributed by atoms with van der Waals surface area (Å²) in [4.78, 5) is 34.7. The van der Waals surface area contributed by atoms with E-state index in [4.69, 9.17) is 4.74 Å². The van der Waals surface area contributed by atoms with Gasteiger partial charge in [-0.05, 0) is 29.7 Å². The molecule has 6 heteroatoms. The molecular weight excluding hydrogens is 337 g/mol. The smallest absolute Gasteiger partial charge is 0.310 e. The normalized spacial score (nSPS) is 10.2. The highest BCUT2D eigenvalue weighted by molar-refractivity contribution is 5.98. The van der Waals surface area contributed by atoms with E-state index in [1.165, 1.54) is 31.2 Å². The molecule has 0 aliphatic rings.